The molecular formula is C18H23N5O3S. The quantitative estimate of drug-likeness (QED) is 0.786. The van der Waals surface area contributed by atoms with E-state index in [2.05, 4.69) is 10.1 Å². The van der Waals surface area contributed by atoms with Gasteiger partial charge in [-0.2, -0.15) is 22.1 Å². The highest BCUT2D eigenvalue weighted by atomic mass is 32.2. The molecule has 0 saturated carbocycles. The molecule has 2 aliphatic heterocycles. The molecular weight excluding hydrogens is 366 g/mol. The maximum atomic E-state index is 12.8. The largest absolute Gasteiger partial charge is 0.282 e. The van der Waals surface area contributed by atoms with Crippen molar-refractivity contribution in [2.75, 3.05) is 26.2 Å². The first-order chi connectivity index (χ1) is 13.1. The molecule has 27 heavy (non-hydrogen) atoms. The lowest BCUT2D eigenvalue weighted by Gasteiger charge is -2.40. The minimum atomic E-state index is -3.45. The number of hydrogen-bond donors (Lipinski definition) is 0. The molecule has 144 valence electrons. The lowest BCUT2D eigenvalue weighted by molar-refractivity contribution is 0.173. The summed E-state index contributed by atoms with van der Waals surface area (Å²) in [5.41, 5.74) is 1.32. The first kappa shape index (κ1) is 18.3. The smallest absolute Gasteiger partial charge is 0.268 e. The predicted molar refractivity (Wildman–Crippen MR) is 101 cm³/mol. The van der Waals surface area contributed by atoms with Crippen molar-refractivity contribution >= 4 is 10.2 Å². The summed E-state index contributed by atoms with van der Waals surface area (Å²) in [4.78, 5) is 16.2. The van der Waals surface area contributed by atoms with Crippen LogP contribution in [-0.2, 0) is 10.2 Å². The van der Waals surface area contributed by atoms with Gasteiger partial charge in [-0.3, -0.25) is 9.78 Å². The molecule has 0 spiro atoms. The molecule has 4 rings (SSSR count). The summed E-state index contributed by atoms with van der Waals surface area (Å²) in [6.07, 6.45) is 7.32. The second-order valence-electron chi connectivity index (χ2n) is 7.03. The summed E-state index contributed by atoms with van der Waals surface area (Å²) in [7, 11) is -3.45. The molecule has 9 heteroatoms. The van der Waals surface area contributed by atoms with Crippen LogP contribution in [0.2, 0.25) is 0 Å². The number of rotatable bonds is 4. The van der Waals surface area contributed by atoms with Gasteiger partial charge in [0.2, 0.25) is 0 Å². The topological polar surface area (TPSA) is 88.4 Å². The van der Waals surface area contributed by atoms with Crippen LogP contribution < -0.4 is 5.56 Å². The Kier molecular flexibility index (Phi) is 5.07. The van der Waals surface area contributed by atoms with Crippen molar-refractivity contribution in [1.29, 1.82) is 0 Å². The third-order valence-corrected chi connectivity index (χ3v) is 7.16. The normalized spacial score (nSPS) is 20.1. The van der Waals surface area contributed by atoms with Gasteiger partial charge in [-0.05, 0) is 31.0 Å². The Balaban J connectivity index is 1.50. The maximum absolute atomic E-state index is 12.8. The summed E-state index contributed by atoms with van der Waals surface area (Å²) in [5.74, 6) is 0. The summed E-state index contributed by atoms with van der Waals surface area (Å²) in [6.45, 7) is 1.73. The summed E-state index contributed by atoms with van der Waals surface area (Å²) < 4.78 is 30.1. The van der Waals surface area contributed by atoms with Gasteiger partial charge in [0.15, 0.2) is 0 Å². The zero-order valence-corrected chi connectivity index (χ0v) is 15.9. The van der Waals surface area contributed by atoms with Gasteiger partial charge in [0, 0.05) is 50.2 Å². The van der Waals surface area contributed by atoms with Gasteiger partial charge in [0.1, 0.15) is 0 Å². The zero-order valence-electron chi connectivity index (χ0n) is 15.1. The third-order valence-electron chi connectivity index (χ3n) is 5.19. The van der Waals surface area contributed by atoms with E-state index in [-0.39, 0.29) is 24.7 Å². The maximum Gasteiger partial charge on any atom is 0.282 e. The fourth-order valence-corrected chi connectivity index (χ4v) is 5.33. The molecule has 0 unspecified atom stereocenters. The van der Waals surface area contributed by atoms with Crippen LogP contribution in [0.15, 0.2) is 41.5 Å². The van der Waals surface area contributed by atoms with Gasteiger partial charge in [-0.1, -0.05) is 12.8 Å². The second-order valence-corrected chi connectivity index (χ2v) is 8.96. The Morgan fingerprint density at radius 2 is 1.56 bits per heavy atom. The first-order valence-corrected chi connectivity index (χ1v) is 10.7. The molecule has 2 aliphatic rings. The average molecular weight is 389 g/mol. The van der Waals surface area contributed by atoms with Gasteiger partial charge >= 0.3 is 0 Å². The highest BCUT2D eigenvalue weighted by Crippen LogP contribution is 2.26. The molecule has 0 bridgehead atoms. The number of hydrogen-bond acceptors (Lipinski definition) is 5. The highest BCUT2D eigenvalue weighted by Gasteiger charge is 2.41. The van der Waals surface area contributed by atoms with Crippen molar-refractivity contribution in [2.24, 2.45) is 0 Å². The molecule has 2 aromatic heterocycles. The molecule has 2 aromatic rings. The summed E-state index contributed by atoms with van der Waals surface area (Å²) in [6, 6.07) is 6.58. The van der Waals surface area contributed by atoms with E-state index < -0.39 is 10.2 Å². The standard InChI is InChI=1S/C18H23N5O3S/c24-18-6-5-17(15-7-9-19-10-8-15)20-23(18)16-13-22(14-16)27(25,26)21-11-3-1-2-4-12-21/h5-10,16H,1-4,11-14H2. The second kappa shape index (κ2) is 7.49. The van der Waals surface area contributed by atoms with E-state index in [9.17, 15) is 13.2 Å². The molecule has 0 aliphatic carbocycles. The van der Waals surface area contributed by atoms with Gasteiger partial charge in [-0.25, -0.2) is 4.68 Å². The molecule has 2 saturated heterocycles. The lowest BCUT2D eigenvalue weighted by Crippen LogP contribution is -2.57. The highest BCUT2D eigenvalue weighted by molar-refractivity contribution is 7.86. The Bertz CT molecular complexity index is 946. The SMILES string of the molecule is O=c1ccc(-c2ccncc2)nn1C1CN(S(=O)(=O)N2CCCCCC2)C1. The fraction of sp³-hybridized carbons (Fsp3) is 0.500. The fourth-order valence-electron chi connectivity index (χ4n) is 3.56. The van der Waals surface area contributed by atoms with Crippen molar-refractivity contribution in [3.05, 3.63) is 47.0 Å². The Morgan fingerprint density at radius 1 is 0.889 bits per heavy atom. The van der Waals surface area contributed by atoms with E-state index in [1.165, 1.54) is 15.1 Å². The molecule has 0 aromatic carbocycles. The van der Waals surface area contributed by atoms with Crippen LogP contribution in [-0.4, -0.2) is 58.0 Å². The van der Waals surface area contributed by atoms with E-state index in [0.29, 0.717) is 18.8 Å². The van der Waals surface area contributed by atoms with E-state index in [1.807, 2.05) is 12.1 Å². The lowest BCUT2D eigenvalue weighted by atomic mass is 10.1. The van der Waals surface area contributed by atoms with Crippen LogP contribution >= 0.6 is 0 Å². The molecule has 0 N–H and O–H groups in total. The van der Waals surface area contributed by atoms with Crippen LogP contribution in [0.3, 0.4) is 0 Å². The van der Waals surface area contributed by atoms with Crippen LogP contribution in [0, 0.1) is 0 Å². The van der Waals surface area contributed by atoms with Crippen LogP contribution in [0.25, 0.3) is 11.3 Å². The van der Waals surface area contributed by atoms with Crippen LogP contribution in [0.4, 0.5) is 0 Å². The van der Waals surface area contributed by atoms with Crippen LogP contribution in [0.5, 0.6) is 0 Å². The number of aromatic nitrogens is 3. The van der Waals surface area contributed by atoms with Gasteiger partial charge < -0.3 is 0 Å². The molecule has 0 atom stereocenters. The van der Waals surface area contributed by atoms with E-state index in [1.54, 1.807) is 22.8 Å². The molecule has 4 heterocycles. The minimum absolute atomic E-state index is 0.218. The molecule has 0 radical (unpaired) electrons. The Hall–Kier alpha value is -2.10. The van der Waals surface area contributed by atoms with Crippen LogP contribution in [0.1, 0.15) is 31.7 Å². The van der Waals surface area contributed by atoms with E-state index in [0.717, 1.165) is 31.2 Å². The summed E-state index contributed by atoms with van der Waals surface area (Å²) in [5, 5.41) is 4.45. The van der Waals surface area contributed by atoms with Gasteiger partial charge in [0.25, 0.3) is 15.8 Å². The molecule has 0 amide bonds. The van der Waals surface area contributed by atoms with Crippen molar-refractivity contribution < 1.29 is 8.42 Å². The zero-order chi connectivity index (χ0) is 18.9. The number of nitrogens with zero attached hydrogens (tertiary/aromatic N) is 5. The van der Waals surface area contributed by atoms with Gasteiger partial charge in [0.05, 0.1) is 11.7 Å². The van der Waals surface area contributed by atoms with Crippen molar-refractivity contribution in [1.82, 2.24) is 23.4 Å². The van der Waals surface area contributed by atoms with Crippen molar-refractivity contribution in [3.63, 3.8) is 0 Å². The van der Waals surface area contributed by atoms with Gasteiger partial charge in [-0.15, -0.1) is 0 Å². The third kappa shape index (κ3) is 3.67. The van der Waals surface area contributed by atoms with E-state index >= 15 is 0 Å². The first-order valence-electron chi connectivity index (χ1n) is 9.31. The van der Waals surface area contributed by atoms with Crippen molar-refractivity contribution in [3.8, 4) is 11.3 Å². The van der Waals surface area contributed by atoms with Crippen molar-refractivity contribution in [2.45, 2.75) is 31.7 Å². The Labute approximate surface area is 158 Å². The number of pyridine rings is 1. The molecule has 8 nitrogen and oxygen atoms in total. The summed E-state index contributed by atoms with van der Waals surface area (Å²) >= 11 is 0. The minimum Gasteiger partial charge on any atom is -0.268 e. The Morgan fingerprint density at radius 3 is 2.22 bits per heavy atom. The molecule has 2 fully saturated rings. The van der Waals surface area contributed by atoms with E-state index in [4.69, 9.17) is 0 Å². The monoisotopic (exact) mass is 389 g/mol. The predicted octanol–water partition coefficient (Wildman–Crippen LogP) is 1.28. The average Bonchev–Trinajstić information content (AvgIpc) is 2.93.